The van der Waals surface area contributed by atoms with Crippen LogP contribution in [0.5, 0.6) is 5.75 Å². The number of aliphatic imine (C=N–C) groups is 2. The van der Waals surface area contributed by atoms with Crippen LogP contribution in [-0.4, -0.2) is 217 Å². The molecule has 20 N–H and O–H groups in total. The summed E-state index contributed by atoms with van der Waals surface area (Å²) in [5.74, 6) is -9.12. The maximum Gasteiger partial charge on any atom is 0.412 e. The average molecular weight is 1120 g/mol. The van der Waals surface area contributed by atoms with Crippen LogP contribution in [0.1, 0.15) is 29.5 Å². The van der Waals surface area contributed by atoms with Crippen LogP contribution in [0.25, 0.3) is 0 Å². The first kappa shape index (κ1) is 59.4. The van der Waals surface area contributed by atoms with Crippen molar-refractivity contribution in [3.8, 4) is 5.75 Å². The van der Waals surface area contributed by atoms with Crippen LogP contribution in [0.4, 0.5) is 10.5 Å². The maximum absolute atomic E-state index is 15.0. The molecule has 0 aliphatic carbocycles. The quantitative estimate of drug-likeness (QED) is 0.0667. The van der Waals surface area contributed by atoms with Crippen molar-refractivity contribution in [2.24, 2.45) is 21.5 Å². The molecule has 0 aromatic heterocycles. The van der Waals surface area contributed by atoms with Gasteiger partial charge < -0.3 is 104 Å². The smallest absolute Gasteiger partial charge is 0.412 e. The molecule has 5 unspecified atom stereocenters. The van der Waals surface area contributed by atoms with Gasteiger partial charge in [-0.3, -0.25) is 44.1 Å². The Morgan fingerprint density at radius 3 is 2.02 bits per heavy atom. The van der Waals surface area contributed by atoms with Gasteiger partial charge in [0, 0.05) is 12.3 Å². The first-order valence-corrected chi connectivity index (χ1v) is 25.2. The Bertz CT molecular complexity index is 2780. The van der Waals surface area contributed by atoms with Crippen molar-refractivity contribution >= 4 is 59.1 Å². The summed E-state index contributed by atoms with van der Waals surface area (Å²) in [5, 5.41) is 107. The Morgan fingerprint density at radius 2 is 1.36 bits per heavy atom. The van der Waals surface area contributed by atoms with E-state index < -0.39 is 177 Å². The number of hydrogen-bond acceptors (Lipinski definition) is 23. The Labute approximate surface area is 456 Å². The number of phenolic OH excluding ortho intramolecular Hbond substituents is 1. The molecular formula is C50H65N13O17. The Kier molecular flexibility index (Phi) is 19.8. The normalized spacial score (nSPS) is 29.3. The molecule has 0 saturated carbocycles. The number of phenols is 1. The molecule has 30 nitrogen and oxygen atoms in total. The minimum absolute atomic E-state index is 0.139. The van der Waals surface area contributed by atoms with E-state index in [2.05, 4.69) is 52.5 Å². The van der Waals surface area contributed by atoms with Gasteiger partial charge in [-0.05, 0) is 28.8 Å². The second-order valence-electron chi connectivity index (χ2n) is 19.3. The molecule has 3 aromatic carbocycles. The highest BCUT2D eigenvalue weighted by Crippen LogP contribution is 2.30. The number of nitrogens with two attached hydrogens (primary N) is 2. The van der Waals surface area contributed by atoms with E-state index in [-0.39, 0.29) is 30.4 Å². The van der Waals surface area contributed by atoms with Gasteiger partial charge in [0.15, 0.2) is 18.1 Å². The largest absolute Gasteiger partial charge is 0.506 e. The lowest BCUT2D eigenvalue weighted by atomic mass is 9.92. The predicted octanol–water partition coefficient (Wildman–Crippen LogP) is -7.16. The Balaban J connectivity index is 1.27. The lowest BCUT2D eigenvalue weighted by Gasteiger charge is -2.46. The third-order valence-electron chi connectivity index (χ3n) is 13.9. The molecular weight excluding hydrogens is 1050 g/mol. The van der Waals surface area contributed by atoms with Crippen LogP contribution in [-0.2, 0) is 51.3 Å². The molecule has 15 atom stereocenters. The maximum atomic E-state index is 15.0. The van der Waals surface area contributed by atoms with Gasteiger partial charge in [-0.25, -0.2) is 4.79 Å². The fraction of sp³-hybridized carbons (Fsp3) is 0.460. The summed E-state index contributed by atoms with van der Waals surface area (Å²) >= 11 is 0. The molecule has 4 heterocycles. The number of ether oxygens (including phenoxy) is 2. The third-order valence-corrected chi connectivity index (χ3v) is 13.9. The number of guanidine groups is 2. The van der Waals surface area contributed by atoms with E-state index in [0.717, 1.165) is 4.90 Å². The van der Waals surface area contributed by atoms with Gasteiger partial charge in [0.1, 0.15) is 79.2 Å². The molecule has 30 heteroatoms. The van der Waals surface area contributed by atoms with Crippen molar-refractivity contribution < 1.29 is 83.9 Å². The highest BCUT2D eigenvalue weighted by atomic mass is 16.6. The van der Waals surface area contributed by atoms with E-state index in [1.165, 1.54) is 18.2 Å². The molecule has 432 valence electrons. The van der Waals surface area contributed by atoms with Crippen molar-refractivity contribution in [3.05, 3.63) is 95.6 Å². The summed E-state index contributed by atoms with van der Waals surface area (Å²) in [5.41, 5.74) is 13.2. The number of nitrogens with one attached hydrogen (secondary N) is 8. The molecule has 2 saturated heterocycles. The number of carbonyl (C=O) groups excluding carboxylic acids is 7. The van der Waals surface area contributed by atoms with Crippen LogP contribution >= 0.6 is 0 Å². The zero-order chi connectivity index (χ0) is 57.9. The van der Waals surface area contributed by atoms with E-state index in [4.69, 9.17) is 20.9 Å². The van der Waals surface area contributed by atoms with Crippen LogP contribution in [0.2, 0.25) is 0 Å². The number of rotatable bonds is 14. The summed E-state index contributed by atoms with van der Waals surface area (Å²) in [7, 11) is 0. The van der Waals surface area contributed by atoms with Crippen molar-refractivity contribution in [1.82, 2.24) is 42.1 Å². The lowest BCUT2D eigenvalue weighted by Crippen LogP contribution is -2.70. The van der Waals surface area contributed by atoms with E-state index in [1.54, 1.807) is 67.6 Å². The second-order valence-corrected chi connectivity index (χ2v) is 19.3. The molecule has 2 fully saturated rings. The van der Waals surface area contributed by atoms with Crippen LogP contribution in [0, 0.1) is 0 Å². The second kappa shape index (κ2) is 26.6. The topological polar surface area (TPSA) is 476 Å². The van der Waals surface area contributed by atoms with Crippen LogP contribution in [0.3, 0.4) is 0 Å². The zero-order valence-corrected chi connectivity index (χ0v) is 42.9. The first-order chi connectivity index (χ1) is 38.2. The SMILES string of the molecule is CC(c1ccccc1)[C@@H]1NC(=O)CNC(=O)[C@H](CO)NC(=O)[C@@H](C(O)C2CN=C(N)N2[C@H]2O[C@H](CO)[C@@H](O)[C@H](O)[C@@H]2O)NC(=O)[C@H](C(O)C2CN=C(N)N2)NC(=O)[C@@H](Cc2ccc(O)c(NC(=O)OCc3ccccc3)c2)NC1=O. The molecule has 0 bridgehead atoms. The summed E-state index contributed by atoms with van der Waals surface area (Å²) in [6, 6.07) is 8.26. The molecule has 80 heavy (non-hydrogen) atoms. The number of carbonyl (C=O) groups is 7. The number of amides is 7. The van der Waals surface area contributed by atoms with Gasteiger partial charge in [0.05, 0.1) is 50.6 Å². The fourth-order valence-corrected chi connectivity index (χ4v) is 9.39. The van der Waals surface area contributed by atoms with Gasteiger partial charge in [-0.1, -0.05) is 73.7 Å². The van der Waals surface area contributed by atoms with Crippen LogP contribution in [0.15, 0.2) is 88.8 Å². The molecule has 7 amide bonds. The van der Waals surface area contributed by atoms with Gasteiger partial charge in [-0.15, -0.1) is 0 Å². The molecule has 3 aromatic rings. The number of aromatic hydroxyl groups is 1. The predicted molar refractivity (Wildman–Crippen MR) is 278 cm³/mol. The van der Waals surface area contributed by atoms with Gasteiger partial charge in [-0.2, -0.15) is 0 Å². The van der Waals surface area contributed by atoms with Crippen molar-refractivity contribution in [1.29, 1.82) is 0 Å². The monoisotopic (exact) mass is 1120 g/mol. The van der Waals surface area contributed by atoms with E-state index in [1.807, 2.05) is 0 Å². The van der Waals surface area contributed by atoms with Crippen molar-refractivity contribution in [2.75, 3.05) is 38.2 Å². The lowest BCUT2D eigenvalue weighted by molar-refractivity contribution is -0.260. The average Bonchev–Trinajstić information content (AvgIpc) is 4.13. The molecule has 7 rings (SSSR count). The zero-order valence-electron chi connectivity index (χ0n) is 42.9. The van der Waals surface area contributed by atoms with E-state index in [9.17, 15) is 74.4 Å². The summed E-state index contributed by atoms with van der Waals surface area (Å²) in [6.07, 6.45) is -14.9. The standard InChI is InChI=1S/C50H65N13O17/c1-22(25-10-6-3-7-11-25)34-44(75)56-27(15-24-12-13-31(66)26(14-24)59-50(78)79-21-23-8-4-2-5-9-23)43(74)61-35(37(68)28-16-54-48(51)58-28)46(77)62-36(45(76)57-29(19-64)42(73)53-18-33(67)60-34)38(69)30-17-55-49(52)63(30)47-41(72)40(71)39(70)32(20-65)80-47/h2-14,22,27-30,32,34-41,47,64-66,68-72H,15-21H2,1H3,(H2,52,55)(H,53,73)(H,56,75)(H,57,76)(H,59,78)(H,60,67)(H,61,74)(H,62,77)(H3,51,54,58)/t22?,27-,28?,29+,30?,32-,34+,35+,36-,37?,38?,39-,40+,41+,47+/m1/s1. The number of anilines is 1. The summed E-state index contributed by atoms with van der Waals surface area (Å²) in [4.78, 5) is 109. The molecule has 4 aliphatic rings. The molecule has 0 radical (unpaired) electrons. The minimum atomic E-state index is -2.31. The number of hydrogen-bond donors (Lipinski definition) is 18. The van der Waals surface area contributed by atoms with Gasteiger partial charge >= 0.3 is 6.09 Å². The van der Waals surface area contributed by atoms with Gasteiger partial charge in [0.2, 0.25) is 35.4 Å². The number of aliphatic hydroxyl groups excluding tert-OH is 7. The van der Waals surface area contributed by atoms with Crippen LogP contribution < -0.4 is 54.0 Å². The van der Waals surface area contributed by atoms with Crippen molar-refractivity contribution in [3.63, 3.8) is 0 Å². The number of benzene rings is 3. The number of nitrogens with zero attached hydrogens (tertiary/aromatic N) is 3. The van der Waals surface area contributed by atoms with Crippen molar-refractivity contribution in [2.45, 2.75) is 111 Å². The Morgan fingerprint density at radius 1 is 0.725 bits per heavy atom. The summed E-state index contributed by atoms with van der Waals surface area (Å²) in [6.45, 7) is -2.25. The number of aliphatic hydroxyl groups is 7. The minimum Gasteiger partial charge on any atom is -0.506 e. The molecule has 4 aliphatic heterocycles. The Hall–Kier alpha value is -8.23. The third kappa shape index (κ3) is 14.1. The fourth-order valence-electron chi connectivity index (χ4n) is 9.39. The highest BCUT2D eigenvalue weighted by Gasteiger charge is 2.52. The van der Waals surface area contributed by atoms with E-state index >= 15 is 0 Å². The summed E-state index contributed by atoms with van der Waals surface area (Å²) < 4.78 is 11.0. The van der Waals surface area contributed by atoms with E-state index in [0.29, 0.717) is 11.1 Å². The molecule has 0 spiro atoms. The van der Waals surface area contributed by atoms with Gasteiger partial charge in [0.25, 0.3) is 0 Å². The highest BCUT2D eigenvalue weighted by molar-refractivity contribution is 5.98. The first-order valence-electron chi connectivity index (χ1n) is 25.2.